The van der Waals surface area contributed by atoms with Crippen molar-refractivity contribution in [1.29, 1.82) is 0 Å². The number of rotatable bonds is 9. The number of benzene rings is 1. The lowest BCUT2D eigenvalue weighted by atomic mass is 10.2. The Bertz CT molecular complexity index is 1150. The highest BCUT2D eigenvalue weighted by Crippen LogP contribution is 2.25. The Morgan fingerprint density at radius 2 is 1.97 bits per heavy atom. The van der Waals surface area contributed by atoms with Gasteiger partial charge in [-0.25, -0.2) is 15.0 Å². The molecule has 0 aliphatic rings. The van der Waals surface area contributed by atoms with Crippen LogP contribution in [0.4, 0.5) is 5.13 Å². The average molecular weight is 457 g/mol. The van der Waals surface area contributed by atoms with Crippen molar-refractivity contribution in [2.75, 3.05) is 11.9 Å². The maximum absolute atomic E-state index is 12.7. The van der Waals surface area contributed by atoms with Gasteiger partial charge < -0.3 is 13.9 Å². The number of hydrogen-bond acceptors (Lipinski definition) is 9. The zero-order valence-electron chi connectivity index (χ0n) is 17.0. The smallest absolute Gasteiger partial charge is 0.257 e. The van der Waals surface area contributed by atoms with E-state index in [-0.39, 0.29) is 12.5 Å². The summed E-state index contributed by atoms with van der Waals surface area (Å²) in [6.07, 6.45) is 3.92. The van der Waals surface area contributed by atoms with Gasteiger partial charge in [0.2, 0.25) is 0 Å². The minimum absolute atomic E-state index is 0.217. The van der Waals surface area contributed by atoms with Gasteiger partial charge in [0.05, 0.1) is 17.8 Å². The number of nitrogens with one attached hydrogen (secondary N) is 1. The Hall–Kier alpha value is -3.24. The Morgan fingerprint density at radius 3 is 2.65 bits per heavy atom. The average Bonchev–Trinajstić information content (AvgIpc) is 3.50. The molecule has 0 bridgehead atoms. The highest BCUT2D eigenvalue weighted by molar-refractivity contribution is 7.13. The molecule has 4 aromatic rings. The molecule has 1 N–H and O–H groups in total. The van der Waals surface area contributed by atoms with Crippen molar-refractivity contribution in [2.24, 2.45) is 0 Å². The molecular weight excluding hydrogens is 436 g/mol. The van der Waals surface area contributed by atoms with Gasteiger partial charge in [-0.2, -0.15) is 0 Å². The van der Waals surface area contributed by atoms with E-state index < -0.39 is 0 Å². The van der Waals surface area contributed by atoms with E-state index in [1.807, 2.05) is 12.4 Å². The Kier molecular flexibility index (Phi) is 6.58. The zero-order chi connectivity index (χ0) is 21.6. The number of anilines is 1. The van der Waals surface area contributed by atoms with Crippen LogP contribution in [-0.4, -0.2) is 27.5 Å². The number of aryl methyl sites for hydroxylation is 2. The molecule has 0 spiro atoms. The van der Waals surface area contributed by atoms with Crippen molar-refractivity contribution in [3.63, 3.8) is 0 Å². The lowest BCUT2D eigenvalue weighted by Crippen LogP contribution is -2.12. The second-order valence-electron chi connectivity index (χ2n) is 6.59. The number of hydrogen-bond donors (Lipinski definition) is 1. The number of amides is 1. The first-order chi connectivity index (χ1) is 15.1. The maximum atomic E-state index is 12.7. The molecule has 0 aliphatic carbocycles. The second-order valence-corrected chi connectivity index (χ2v) is 8.42. The minimum atomic E-state index is -0.291. The van der Waals surface area contributed by atoms with Gasteiger partial charge in [-0.1, -0.05) is 0 Å². The quantitative estimate of drug-likeness (QED) is 0.391. The molecule has 0 radical (unpaired) electrons. The summed E-state index contributed by atoms with van der Waals surface area (Å²) in [5.41, 5.74) is 3.91. The lowest BCUT2D eigenvalue weighted by Gasteiger charge is -2.12. The van der Waals surface area contributed by atoms with Crippen LogP contribution in [0, 0.1) is 13.8 Å². The fourth-order valence-electron chi connectivity index (χ4n) is 2.78. The fraction of sp³-hybridized carbons (Fsp3) is 0.238. The Labute approximate surface area is 186 Å². The van der Waals surface area contributed by atoms with Crippen LogP contribution in [-0.2, 0) is 13.0 Å². The molecule has 0 fully saturated rings. The molecule has 3 heterocycles. The molecule has 0 atom stereocenters. The maximum Gasteiger partial charge on any atom is 0.257 e. The highest BCUT2D eigenvalue weighted by Gasteiger charge is 2.13. The highest BCUT2D eigenvalue weighted by atomic mass is 32.1. The van der Waals surface area contributed by atoms with Crippen LogP contribution in [0.25, 0.3) is 0 Å². The zero-order valence-corrected chi connectivity index (χ0v) is 18.6. The molecule has 1 amide bonds. The van der Waals surface area contributed by atoms with E-state index in [0.29, 0.717) is 40.4 Å². The summed E-state index contributed by atoms with van der Waals surface area (Å²) in [5, 5.41) is 5.10. The molecule has 0 aliphatic heterocycles. The molecule has 31 heavy (non-hydrogen) atoms. The third-order valence-corrected chi connectivity index (χ3v) is 5.97. The fourth-order valence-corrected chi connectivity index (χ4v) is 4.07. The molecule has 10 heteroatoms. The van der Waals surface area contributed by atoms with Gasteiger partial charge in [-0.05, 0) is 19.1 Å². The van der Waals surface area contributed by atoms with Gasteiger partial charge in [0, 0.05) is 41.4 Å². The predicted molar refractivity (Wildman–Crippen MR) is 118 cm³/mol. The molecule has 1 aromatic carbocycles. The largest absolute Gasteiger partial charge is 0.493 e. The minimum Gasteiger partial charge on any atom is -0.493 e. The van der Waals surface area contributed by atoms with Crippen LogP contribution in [0.15, 0.2) is 46.0 Å². The Balaban J connectivity index is 1.48. The summed E-state index contributed by atoms with van der Waals surface area (Å²) in [7, 11) is 0. The van der Waals surface area contributed by atoms with Crippen LogP contribution in [0.2, 0.25) is 0 Å². The van der Waals surface area contributed by atoms with Crippen molar-refractivity contribution in [3.8, 4) is 11.5 Å². The normalized spacial score (nSPS) is 10.8. The van der Waals surface area contributed by atoms with Gasteiger partial charge in [0.15, 0.2) is 11.0 Å². The molecular formula is C21H20N4O4S2. The first kappa shape index (κ1) is 21.0. The topological polar surface area (TPSA) is 99.4 Å². The number of carbonyl (C=O) groups excluding carboxylic acids is 1. The van der Waals surface area contributed by atoms with Crippen molar-refractivity contribution in [1.82, 2.24) is 15.0 Å². The standard InChI is InChI=1S/C21H20N4O4S2/c1-13-19(31-12-23-13)3-5-27-17-7-15(20(26)25-21-22-4-6-30-21)8-18(9-17)29-11-16-10-28-14(2)24-16/h4,6-10,12H,3,5,11H2,1-2H3,(H,22,25,26). The molecule has 0 unspecified atom stereocenters. The molecule has 0 saturated carbocycles. The van der Waals surface area contributed by atoms with E-state index in [2.05, 4.69) is 20.3 Å². The predicted octanol–water partition coefficient (Wildman–Crippen LogP) is 4.66. The number of thiazole rings is 2. The molecule has 3 aromatic heterocycles. The first-order valence-electron chi connectivity index (χ1n) is 9.48. The lowest BCUT2D eigenvalue weighted by molar-refractivity contribution is 0.102. The van der Waals surface area contributed by atoms with E-state index in [1.54, 1.807) is 54.3 Å². The van der Waals surface area contributed by atoms with E-state index in [1.165, 1.54) is 16.2 Å². The van der Waals surface area contributed by atoms with E-state index in [9.17, 15) is 4.79 Å². The van der Waals surface area contributed by atoms with Crippen LogP contribution < -0.4 is 14.8 Å². The van der Waals surface area contributed by atoms with Crippen molar-refractivity contribution in [3.05, 3.63) is 69.3 Å². The van der Waals surface area contributed by atoms with Crippen LogP contribution in [0.1, 0.15) is 32.5 Å². The Morgan fingerprint density at radius 1 is 1.13 bits per heavy atom. The van der Waals surface area contributed by atoms with Crippen LogP contribution in [0.3, 0.4) is 0 Å². The summed E-state index contributed by atoms with van der Waals surface area (Å²) < 4.78 is 17.0. The third-order valence-electron chi connectivity index (χ3n) is 4.29. The van der Waals surface area contributed by atoms with E-state index in [0.717, 1.165) is 12.1 Å². The monoisotopic (exact) mass is 456 g/mol. The number of carbonyl (C=O) groups is 1. The summed E-state index contributed by atoms with van der Waals surface area (Å²) in [6.45, 7) is 4.42. The number of ether oxygens (including phenoxy) is 2. The number of aromatic nitrogens is 3. The molecule has 4 rings (SSSR count). The summed E-state index contributed by atoms with van der Waals surface area (Å²) in [6, 6.07) is 5.11. The molecule has 8 nitrogen and oxygen atoms in total. The first-order valence-corrected chi connectivity index (χ1v) is 11.2. The van der Waals surface area contributed by atoms with Crippen molar-refractivity contribution in [2.45, 2.75) is 26.9 Å². The van der Waals surface area contributed by atoms with Crippen LogP contribution in [0.5, 0.6) is 11.5 Å². The SMILES string of the molecule is Cc1nc(COc2cc(OCCc3scnc3C)cc(C(=O)Nc3nccs3)c2)co1. The van der Waals surface area contributed by atoms with Crippen molar-refractivity contribution >= 4 is 33.7 Å². The van der Waals surface area contributed by atoms with Gasteiger partial charge in [0.25, 0.3) is 5.91 Å². The van der Waals surface area contributed by atoms with Gasteiger partial charge in [-0.3, -0.25) is 10.1 Å². The summed E-state index contributed by atoms with van der Waals surface area (Å²) in [4.78, 5) is 26.5. The molecule has 0 saturated heterocycles. The van der Waals surface area contributed by atoms with Gasteiger partial charge in [0.1, 0.15) is 30.1 Å². The van der Waals surface area contributed by atoms with Crippen LogP contribution >= 0.6 is 22.7 Å². The van der Waals surface area contributed by atoms with Crippen molar-refractivity contribution < 1.29 is 18.7 Å². The number of nitrogens with zero attached hydrogens (tertiary/aromatic N) is 3. The molecule has 160 valence electrons. The van der Waals surface area contributed by atoms with E-state index >= 15 is 0 Å². The number of oxazole rings is 1. The summed E-state index contributed by atoms with van der Waals surface area (Å²) in [5.74, 6) is 1.31. The third kappa shape index (κ3) is 5.68. The van der Waals surface area contributed by atoms with E-state index in [4.69, 9.17) is 13.9 Å². The van der Waals surface area contributed by atoms with Gasteiger partial charge >= 0.3 is 0 Å². The second kappa shape index (κ2) is 9.71. The summed E-state index contributed by atoms with van der Waals surface area (Å²) >= 11 is 2.95. The van der Waals surface area contributed by atoms with Gasteiger partial charge in [-0.15, -0.1) is 22.7 Å².